The summed E-state index contributed by atoms with van der Waals surface area (Å²) in [6.07, 6.45) is 4.64. The number of thioether (sulfide) groups is 1. The molecule has 1 saturated carbocycles. The molecule has 3 aromatic rings. The fourth-order valence-electron chi connectivity index (χ4n) is 4.56. The number of benzene rings is 2. The number of carboxylic acids is 1. The van der Waals surface area contributed by atoms with Crippen molar-refractivity contribution in [1.29, 1.82) is 0 Å². The number of carbonyl (C=O) groups is 2. The Labute approximate surface area is 186 Å². The molecule has 0 saturated heterocycles. The Bertz CT molecular complexity index is 1210. The molecule has 2 bridgehead atoms. The van der Waals surface area contributed by atoms with Crippen LogP contribution in [0.5, 0.6) is 0 Å². The fourth-order valence-corrected chi connectivity index (χ4v) is 6.61. The molecule has 158 valence electrons. The predicted octanol–water partition coefficient (Wildman–Crippen LogP) is 5.19. The summed E-state index contributed by atoms with van der Waals surface area (Å²) in [6, 6.07) is 12.0. The number of allylic oxidation sites excluding steroid dienone is 2. The molecule has 0 aliphatic heterocycles. The number of hydrogen-bond acceptors (Lipinski definition) is 5. The van der Waals surface area contributed by atoms with Crippen LogP contribution in [0.4, 0.5) is 10.1 Å². The monoisotopic (exact) mass is 454 g/mol. The van der Waals surface area contributed by atoms with E-state index in [-0.39, 0.29) is 23.6 Å². The molecule has 1 heterocycles. The Morgan fingerprint density at radius 3 is 2.74 bits per heavy atom. The minimum absolute atomic E-state index is 0.0101. The van der Waals surface area contributed by atoms with Crippen LogP contribution < -0.4 is 5.32 Å². The maximum absolute atomic E-state index is 13.3. The number of amides is 1. The Kier molecular flexibility index (Phi) is 5.27. The largest absolute Gasteiger partial charge is 0.481 e. The van der Waals surface area contributed by atoms with Crippen molar-refractivity contribution in [2.75, 3.05) is 5.32 Å². The Morgan fingerprint density at radius 1 is 1.16 bits per heavy atom. The van der Waals surface area contributed by atoms with E-state index in [2.05, 4.69) is 10.3 Å². The number of aliphatic carboxylic acids is 1. The standard InChI is InChI=1S/C23H19FN2O3S2/c24-15-3-1-2-12(8-15)11-30-23-26-17-7-6-16(10-18(17)31-23)25-21(27)19-13-4-5-14(9-13)20(19)22(28)29/h1-8,10,13-14,19-20H,9,11H2,(H,25,27)(H,28,29)/t13-,14-,19+,20+/m0/s1. The average Bonchev–Trinajstić information content (AvgIpc) is 3.45. The molecular formula is C23H19FN2O3S2. The van der Waals surface area contributed by atoms with Crippen LogP contribution in [0.25, 0.3) is 10.2 Å². The van der Waals surface area contributed by atoms with Gasteiger partial charge in [0.25, 0.3) is 0 Å². The lowest BCUT2D eigenvalue weighted by molar-refractivity contribution is -0.146. The molecule has 2 aliphatic rings. The number of thiazole rings is 1. The van der Waals surface area contributed by atoms with Crippen molar-refractivity contribution in [2.24, 2.45) is 23.7 Å². The molecule has 0 unspecified atom stereocenters. The number of nitrogens with one attached hydrogen (secondary N) is 1. The maximum atomic E-state index is 13.3. The first-order chi connectivity index (χ1) is 15.0. The molecule has 0 spiro atoms. The highest BCUT2D eigenvalue weighted by Crippen LogP contribution is 2.48. The van der Waals surface area contributed by atoms with Crippen molar-refractivity contribution in [3.8, 4) is 0 Å². The first kappa shape index (κ1) is 20.2. The number of carbonyl (C=O) groups excluding carboxylic acids is 1. The van der Waals surface area contributed by atoms with Crippen molar-refractivity contribution >= 4 is 50.9 Å². The zero-order valence-electron chi connectivity index (χ0n) is 16.3. The molecule has 2 N–H and O–H groups in total. The van der Waals surface area contributed by atoms with Gasteiger partial charge in [0.2, 0.25) is 5.91 Å². The minimum atomic E-state index is -0.908. The molecule has 5 rings (SSSR count). The van der Waals surface area contributed by atoms with Gasteiger partial charge >= 0.3 is 5.97 Å². The van der Waals surface area contributed by atoms with E-state index in [1.807, 2.05) is 30.4 Å². The van der Waals surface area contributed by atoms with Crippen LogP contribution in [0.3, 0.4) is 0 Å². The summed E-state index contributed by atoms with van der Waals surface area (Å²) < 4.78 is 15.1. The number of aromatic nitrogens is 1. The number of rotatable bonds is 6. The summed E-state index contributed by atoms with van der Waals surface area (Å²) in [7, 11) is 0. The van der Waals surface area contributed by atoms with Gasteiger partial charge in [0.15, 0.2) is 4.34 Å². The highest BCUT2D eigenvalue weighted by Gasteiger charge is 2.51. The van der Waals surface area contributed by atoms with Gasteiger partial charge in [-0.15, -0.1) is 11.3 Å². The molecule has 1 fully saturated rings. The third-order valence-corrected chi connectivity index (χ3v) is 8.17. The molecule has 8 heteroatoms. The van der Waals surface area contributed by atoms with Crippen LogP contribution in [0.2, 0.25) is 0 Å². The first-order valence-corrected chi connectivity index (χ1v) is 11.8. The van der Waals surface area contributed by atoms with Gasteiger partial charge in [-0.3, -0.25) is 9.59 Å². The van der Waals surface area contributed by atoms with E-state index in [9.17, 15) is 19.1 Å². The van der Waals surface area contributed by atoms with Crippen LogP contribution in [-0.4, -0.2) is 22.0 Å². The van der Waals surface area contributed by atoms with Crippen molar-refractivity contribution in [1.82, 2.24) is 4.98 Å². The summed E-state index contributed by atoms with van der Waals surface area (Å²) in [5.74, 6) is -2.04. The molecule has 31 heavy (non-hydrogen) atoms. The Morgan fingerprint density at radius 2 is 1.97 bits per heavy atom. The van der Waals surface area contributed by atoms with Crippen LogP contribution >= 0.6 is 23.1 Å². The lowest BCUT2D eigenvalue weighted by Gasteiger charge is -2.23. The normalized spacial score (nSPS) is 24.0. The topological polar surface area (TPSA) is 79.3 Å². The minimum Gasteiger partial charge on any atom is -0.481 e. The van der Waals surface area contributed by atoms with Crippen LogP contribution in [0, 0.1) is 29.5 Å². The zero-order chi connectivity index (χ0) is 21.5. The third-order valence-electron chi connectivity index (χ3n) is 5.93. The molecule has 1 amide bonds. The summed E-state index contributed by atoms with van der Waals surface area (Å²) in [5.41, 5.74) is 2.36. The smallest absolute Gasteiger partial charge is 0.307 e. The Balaban J connectivity index is 1.29. The van der Waals surface area contributed by atoms with Gasteiger partial charge in [0.1, 0.15) is 5.82 Å². The van der Waals surface area contributed by atoms with E-state index in [0.29, 0.717) is 11.4 Å². The summed E-state index contributed by atoms with van der Waals surface area (Å²) in [4.78, 5) is 29.2. The number of hydrogen-bond donors (Lipinski definition) is 2. The fraction of sp³-hybridized carbons (Fsp3) is 0.261. The van der Waals surface area contributed by atoms with Gasteiger partial charge in [0, 0.05) is 11.4 Å². The summed E-state index contributed by atoms with van der Waals surface area (Å²) >= 11 is 3.05. The van der Waals surface area contributed by atoms with E-state index < -0.39 is 17.8 Å². The van der Waals surface area contributed by atoms with E-state index in [0.717, 1.165) is 26.5 Å². The van der Waals surface area contributed by atoms with E-state index in [1.54, 1.807) is 23.9 Å². The van der Waals surface area contributed by atoms with E-state index in [1.165, 1.54) is 23.5 Å². The molecule has 5 nitrogen and oxygen atoms in total. The second-order valence-corrected chi connectivity index (χ2v) is 10.2. The van der Waals surface area contributed by atoms with Gasteiger partial charge in [-0.2, -0.15) is 0 Å². The molecule has 4 atom stereocenters. The van der Waals surface area contributed by atoms with Crippen molar-refractivity contribution in [3.05, 3.63) is 66.0 Å². The van der Waals surface area contributed by atoms with Crippen molar-refractivity contribution in [3.63, 3.8) is 0 Å². The average molecular weight is 455 g/mol. The zero-order valence-corrected chi connectivity index (χ0v) is 18.0. The highest BCUT2D eigenvalue weighted by molar-refractivity contribution is 8.00. The number of carboxylic acid groups (broad SMARTS) is 1. The van der Waals surface area contributed by atoms with E-state index >= 15 is 0 Å². The number of anilines is 1. The number of fused-ring (bicyclic) bond motifs is 3. The second kappa shape index (κ2) is 8.09. The van der Waals surface area contributed by atoms with Crippen LogP contribution in [0.1, 0.15) is 12.0 Å². The molecule has 0 radical (unpaired) electrons. The summed E-state index contributed by atoms with van der Waals surface area (Å²) in [6.45, 7) is 0. The molecule has 1 aromatic heterocycles. The van der Waals surface area contributed by atoms with Crippen LogP contribution in [-0.2, 0) is 15.3 Å². The van der Waals surface area contributed by atoms with Gasteiger partial charge in [-0.25, -0.2) is 9.37 Å². The second-order valence-electron chi connectivity index (χ2n) is 7.91. The number of halogens is 1. The molecular weight excluding hydrogens is 435 g/mol. The van der Waals surface area contributed by atoms with Crippen molar-refractivity contribution in [2.45, 2.75) is 16.5 Å². The summed E-state index contributed by atoms with van der Waals surface area (Å²) in [5, 5.41) is 12.5. The quantitative estimate of drug-likeness (QED) is 0.396. The SMILES string of the molecule is O=C(O)[C@H]1[C@H](C(=O)Nc2ccc3nc(SCc4cccc(F)c4)sc3c2)[C@H]2C=C[C@H]1C2. The lowest BCUT2D eigenvalue weighted by atomic mass is 9.82. The van der Waals surface area contributed by atoms with Gasteiger partial charge < -0.3 is 10.4 Å². The van der Waals surface area contributed by atoms with Crippen molar-refractivity contribution < 1.29 is 19.1 Å². The highest BCUT2D eigenvalue weighted by atomic mass is 32.2. The first-order valence-electron chi connectivity index (χ1n) is 9.98. The van der Waals surface area contributed by atoms with Gasteiger partial charge in [0.05, 0.1) is 22.1 Å². The van der Waals surface area contributed by atoms with Gasteiger partial charge in [-0.1, -0.05) is 36.0 Å². The molecule has 2 aliphatic carbocycles. The maximum Gasteiger partial charge on any atom is 0.307 e. The van der Waals surface area contributed by atoms with Crippen LogP contribution in [0.15, 0.2) is 59.0 Å². The Hall–Kier alpha value is -2.71. The van der Waals surface area contributed by atoms with Gasteiger partial charge in [-0.05, 0) is 54.2 Å². The lowest BCUT2D eigenvalue weighted by Crippen LogP contribution is -2.36. The number of nitrogens with zero attached hydrogens (tertiary/aromatic N) is 1. The van der Waals surface area contributed by atoms with E-state index in [4.69, 9.17) is 0 Å². The molecule has 2 aromatic carbocycles. The predicted molar refractivity (Wildman–Crippen MR) is 120 cm³/mol. The third kappa shape index (κ3) is 3.97.